The Morgan fingerprint density at radius 3 is 2.32 bits per heavy atom. The zero-order valence-corrected chi connectivity index (χ0v) is 20.1. The molecule has 0 heterocycles. The zero-order chi connectivity index (χ0) is 24.9. The van der Waals surface area contributed by atoms with Crippen molar-refractivity contribution in [2.45, 2.75) is 46.0 Å². The molecule has 34 heavy (non-hydrogen) atoms. The van der Waals surface area contributed by atoms with Crippen molar-refractivity contribution in [2.24, 2.45) is 0 Å². The van der Waals surface area contributed by atoms with Crippen molar-refractivity contribution in [1.29, 1.82) is 0 Å². The Balaban J connectivity index is 1.65. The van der Waals surface area contributed by atoms with Gasteiger partial charge in [-0.15, -0.1) is 0 Å². The number of esters is 2. The predicted molar refractivity (Wildman–Crippen MR) is 130 cm³/mol. The van der Waals surface area contributed by atoms with Gasteiger partial charge in [0.25, 0.3) is 5.91 Å². The molecule has 0 aromatic heterocycles. The minimum Gasteiger partial charge on any atom is -0.462 e. The number of benzene rings is 2. The van der Waals surface area contributed by atoms with Gasteiger partial charge in [0.05, 0.1) is 12.2 Å². The fourth-order valence-electron chi connectivity index (χ4n) is 2.85. The lowest BCUT2D eigenvalue weighted by Crippen LogP contribution is -2.21. The SMILES string of the molecule is CCCCOC(=O)c1ccc(NC(=O)CCCC(=O)OCC(=O)Nc2cccc(Cl)c2C)cc1. The van der Waals surface area contributed by atoms with Crippen LogP contribution in [0.2, 0.25) is 5.02 Å². The van der Waals surface area contributed by atoms with E-state index in [1.54, 1.807) is 49.4 Å². The number of halogens is 1. The summed E-state index contributed by atoms with van der Waals surface area (Å²) in [4.78, 5) is 47.8. The van der Waals surface area contributed by atoms with Gasteiger partial charge in [-0.05, 0) is 61.7 Å². The van der Waals surface area contributed by atoms with Gasteiger partial charge in [-0.2, -0.15) is 0 Å². The molecule has 0 spiro atoms. The molecule has 9 heteroatoms. The van der Waals surface area contributed by atoms with Crippen molar-refractivity contribution >= 4 is 46.7 Å². The standard InChI is InChI=1S/C25H29ClN2O6/c1-3-4-15-33-25(32)18-11-13-19(14-12-18)27-22(29)9-6-10-24(31)34-16-23(30)28-21-8-5-7-20(26)17(21)2/h5,7-8,11-14H,3-4,6,9-10,15-16H2,1-2H3,(H,27,29)(H,28,30). The molecule has 0 saturated heterocycles. The molecule has 0 fully saturated rings. The van der Waals surface area contributed by atoms with Crippen LogP contribution in [0.4, 0.5) is 11.4 Å². The molecule has 0 aliphatic rings. The third-order valence-corrected chi connectivity index (χ3v) is 5.24. The van der Waals surface area contributed by atoms with Crippen molar-refractivity contribution < 1.29 is 28.7 Å². The maximum atomic E-state index is 12.1. The van der Waals surface area contributed by atoms with Gasteiger partial charge in [0.1, 0.15) is 0 Å². The molecule has 0 aliphatic carbocycles. The van der Waals surface area contributed by atoms with E-state index in [9.17, 15) is 19.2 Å². The first kappa shape index (κ1) is 26.9. The summed E-state index contributed by atoms with van der Waals surface area (Å²) in [5, 5.41) is 5.86. The van der Waals surface area contributed by atoms with E-state index in [1.165, 1.54) is 0 Å². The monoisotopic (exact) mass is 488 g/mol. The Bertz CT molecular complexity index is 1010. The van der Waals surface area contributed by atoms with Crippen LogP contribution in [0, 0.1) is 6.92 Å². The Morgan fingerprint density at radius 2 is 1.62 bits per heavy atom. The van der Waals surface area contributed by atoms with E-state index in [0.717, 1.165) is 18.4 Å². The highest BCUT2D eigenvalue weighted by Gasteiger charge is 2.12. The highest BCUT2D eigenvalue weighted by atomic mass is 35.5. The first-order chi connectivity index (χ1) is 16.3. The van der Waals surface area contributed by atoms with Crippen molar-refractivity contribution in [2.75, 3.05) is 23.8 Å². The number of unbranched alkanes of at least 4 members (excludes halogenated alkanes) is 1. The van der Waals surface area contributed by atoms with Crippen molar-refractivity contribution in [1.82, 2.24) is 0 Å². The number of carbonyl (C=O) groups excluding carboxylic acids is 4. The summed E-state index contributed by atoms with van der Waals surface area (Å²) >= 11 is 6.01. The van der Waals surface area contributed by atoms with Gasteiger partial charge < -0.3 is 20.1 Å². The molecule has 2 amide bonds. The number of ether oxygens (including phenoxy) is 2. The average molecular weight is 489 g/mol. The minimum absolute atomic E-state index is 0.000564. The van der Waals surface area contributed by atoms with Crippen LogP contribution in [0.3, 0.4) is 0 Å². The quantitative estimate of drug-likeness (QED) is 0.325. The van der Waals surface area contributed by atoms with Gasteiger partial charge in [0.2, 0.25) is 5.91 Å². The lowest BCUT2D eigenvalue weighted by molar-refractivity contribution is -0.147. The smallest absolute Gasteiger partial charge is 0.338 e. The molecule has 0 unspecified atom stereocenters. The van der Waals surface area contributed by atoms with E-state index >= 15 is 0 Å². The maximum Gasteiger partial charge on any atom is 0.338 e. The zero-order valence-electron chi connectivity index (χ0n) is 19.3. The number of nitrogens with one attached hydrogen (secondary N) is 2. The van der Waals surface area contributed by atoms with Crippen LogP contribution in [-0.4, -0.2) is 37.0 Å². The van der Waals surface area contributed by atoms with E-state index in [4.69, 9.17) is 21.1 Å². The lowest BCUT2D eigenvalue weighted by atomic mass is 10.2. The summed E-state index contributed by atoms with van der Waals surface area (Å²) in [6.07, 6.45) is 2.11. The van der Waals surface area contributed by atoms with Crippen LogP contribution >= 0.6 is 11.6 Å². The Kier molecular flexibility index (Phi) is 11.1. The number of anilines is 2. The van der Waals surface area contributed by atoms with Crippen LogP contribution in [0.15, 0.2) is 42.5 Å². The topological polar surface area (TPSA) is 111 Å². The molecular weight excluding hydrogens is 460 g/mol. The Morgan fingerprint density at radius 1 is 0.882 bits per heavy atom. The number of amides is 2. The van der Waals surface area contributed by atoms with Crippen molar-refractivity contribution in [3.63, 3.8) is 0 Å². The van der Waals surface area contributed by atoms with Crippen LogP contribution < -0.4 is 10.6 Å². The average Bonchev–Trinajstić information content (AvgIpc) is 2.81. The van der Waals surface area contributed by atoms with Crippen molar-refractivity contribution in [3.8, 4) is 0 Å². The van der Waals surface area contributed by atoms with Gasteiger partial charge in [0, 0.05) is 29.2 Å². The molecule has 2 rings (SSSR count). The minimum atomic E-state index is -0.572. The summed E-state index contributed by atoms with van der Waals surface area (Å²) in [5.74, 6) is -1.73. The third kappa shape index (κ3) is 9.23. The first-order valence-electron chi connectivity index (χ1n) is 11.1. The molecule has 0 bridgehead atoms. The molecule has 2 N–H and O–H groups in total. The Labute approximate surface area is 204 Å². The van der Waals surface area contributed by atoms with Crippen LogP contribution in [0.25, 0.3) is 0 Å². The maximum absolute atomic E-state index is 12.1. The molecule has 2 aromatic rings. The van der Waals surface area contributed by atoms with Crippen molar-refractivity contribution in [3.05, 3.63) is 58.6 Å². The molecule has 0 aliphatic heterocycles. The highest BCUT2D eigenvalue weighted by molar-refractivity contribution is 6.31. The first-order valence-corrected chi connectivity index (χ1v) is 11.5. The summed E-state index contributed by atoms with van der Waals surface area (Å²) < 4.78 is 10.1. The van der Waals surface area contributed by atoms with E-state index in [1.807, 2.05) is 6.92 Å². The second-order valence-electron chi connectivity index (χ2n) is 7.59. The normalized spacial score (nSPS) is 10.3. The van der Waals surface area contributed by atoms with E-state index in [-0.39, 0.29) is 25.2 Å². The molecule has 2 aromatic carbocycles. The Hall–Kier alpha value is -3.39. The lowest BCUT2D eigenvalue weighted by Gasteiger charge is -2.10. The second kappa shape index (κ2) is 14.0. The largest absolute Gasteiger partial charge is 0.462 e. The summed E-state index contributed by atoms with van der Waals surface area (Å²) in [6, 6.07) is 11.5. The summed E-state index contributed by atoms with van der Waals surface area (Å²) in [5.41, 5.74) is 2.21. The van der Waals surface area contributed by atoms with Gasteiger partial charge in [0.15, 0.2) is 6.61 Å². The van der Waals surface area contributed by atoms with E-state index in [0.29, 0.717) is 28.6 Å². The molecule has 8 nitrogen and oxygen atoms in total. The molecule has 0 atom stereocenters. The van der Waals surface area contributed by atoms with Crippen LogP contribution in [0.5, 0.6) is 0 Å². The molecular formula is C25H29ClN2O6. The van der Waals surface area contributed by atoms with E-state index < -0.39 is 24.5 Å². The van der Waals surface area contributed by atoms with Crippen LogP contribution in [0.1, 0.15) is 54.9 Å². The number of hydrogen-bond acceptors (Lipinski definition) is 6. The number of rotatable bonds is 12. The van der Waals surface area contributed by atoms with Gasteiger partial charge in [-0.25, -0.2) is 4.79 Å². The molecule has 182 valence electrons. The third-order valence-electron chi connectivity index (χ3n) is 4.83. The van der Waals surface area contributed by atoms with Crippen LogP contribution in [-0.2, 0) is 23.9 Å². The summed E-state index contributed by atoms with van der Waals surface area (Å²) in [6.45, 7) is 3.73. The second-order valence-corrected chi connectivity index (χ2v) is 8.00. The number of carbonyl (C=O) groups is 4. The summed E-state index contributed by atoms with van der Waals surface area (Å²) in [7, 11) is 0. The van der Waals surface area contributed by atoms with Gasteiger partial charge in [-0.1, -0.05) is 31.0 Å². The highest BCUT2D eigenvalue weighted by Crippen LogP contribution is 2.22. The van der Waals surface area contributed by atoms with Gasteiger partial charge >= 0.3 is 11.9 Å². The van der Waals surface area contributed by atoms with Gasteiger partial charge in [-0.3, -0.25) is 14.4 Å². The fourth-order valence-corrected chi connectivity index (χ4v) is 3.02. The molecule has 0 saturated carbocycles. The van der Waals surface area contributed by atoms with E-state index in [2.05, 4.69) is 10.6 Å². The predicted octanol–water partition coefficient (Wildman–Crippen LogP) is 4.90. The number of hydrogen-bond donors (Lipinski definition) is 2. The molecule has 0 radical (unpaired) electrons. The fraction of sp³-hybridized carbons (Fsp3) is 0.360.